The zero-order valence-corrected chi connectivity index (χ0v) is 12.7. The van der Waals surface area contributed by atoms with Crippen LogP contribution in [0.1, 0.15) is 41.0 Å². The van der Waals surface area contributed by atoms with Gasteiger partial charge in [-0.3, -0.25) is 4.79 Å². The standard InChI is InChI=1S/C17H18N2OS/c1-2-4-14(16-5-3-10-21-16)19-17(20)13-7-6-12-8-9-18-15(12)11-13/h3,5-11,14,18H,2,4H2,1H3,(H,19,20). The molecule has 2 heterocycles. The first-order valence-corrected chi connectivity index (χ1v) is 8.07. The van der Waals surface area contributed by atoms with E-state index >= 15 is 0 Å². The van der Waals surface area contributed by atoms with E-state index in [1.165, 1.54) is 4.88 Å². The zero-order chi connectivity index (χ0) is 14.7. The molecule has 0 saturated carbocycles. The van der Waals surface area contributed by atoms with E-state index in [-0.39, 0.29) is 11.9 Å². The van der Waals surface area contributed by atoms with E-state index in [9.17, 15) is 4.79 Å². The van der Waals surface area contributed by atoms with Gasteiger partial charge in [0.15, 0.2) is 0 Å². The molecule has 0 spiro atoms. The van der Waals surface area contributed by atoms with Crippen molar-refractivity contribution in [1.82, 2.24) is 10.3 Å². The Bertz CT molecular complexity index is 730. The number of thiophene rings is 1. The number of aromatic amines is 1. The second-order valence-electron chi connectivity index (χ2n) is 5.11. The number of H-pyrrole nitrogens is 1. The van der Waals surface area contributed by atoms with Crippen molar-refractivity contribution in [1.29, 1.82) is 0 Å². The van der Waals surface area contributed by atoms with Crippen LogP contribution in [-0.4, -0.2) is 10.9 Å². The Labute approximate surface area is 128 Å². The predicted molar refractivity (Wildman–Crippen MR) is 87.7 cm³/mol. The van der Waals surface area contributed by atoms with Gasteiger partial charge in [-0.15, -0.1) is 11.3 Å². The Morgan fingerprint density at radius 3 is 3.00 bits per heavy atom. The molecule has 2 N–H and O–H groups in total. The van der Waals surface area contributed by atoms with Crippen LogP contribution in [0.5, 0.6) is 0 Å². The van der Waals surface area contributed by atoms with Crippen molar-refractivity contribution in [3.05, 3.63) is 58.4 Å². The van der Waals surface area contributed by atoms with Crippen molar-refractivity contribution in [2.75, 3.05) is 0 Å². The number of fused-ring (bicyclic) bond motifs is 1. The summed E-state index contributed by atoms with van der Waals surface area (Å²) in [5.41, 5.74) is 1.69. The summed E-state index contributed by atoms with van der Waals surface area (Å²) in [5.74, 6) is -0.0154. The van der Waals surface area contributed by atoms with Crippen LogP contribution in [-0.2, 0) is 0 Å². The van der Waals surface area contributed by atoms with Gasteiger partial charge >= 0.3 is 0 Å². The second kappa shape index (κ2) is 6.14. The molecule has 1 aromatic carbocycles. The molecule has 0 aliphatic carbocycles. The highest BCUT2D eigenvalue weighted by molar-refractivity contribution is 7.10. The van der Waals surface area contributed by atoms with E-state index in [4.69, 9.17) is 0 Å². The summed E-state index contributed by atoms with van der Waals surface area (Å²) in [5, 5.41) is 6.32. The van der Waals surface area contributed by atoms with Gasteiger partial charge in [0.25, 0.3) is 5.91 Å². The van der Waals surface area contributed by atoms with Gasteiger partial charge in [0.05, 0.1) is 6.04 Å². The van der Waals surface area contributed by atoms with Crippen LogP contribution in [0.15, 0.2) is 48.0 Å². The lowest BCUT2D eigenvalue weighted by Crippen LogP contribution is -2.27. The third-order valence-corrected chi connectivity index (χ3v) is 4.57. The van der Waals surface area contributed by atoms with Crippen LogP contribution in [0.4, 0.5) is 0 Å². The number of rotatable bonds is 5. The summed E-state index contributed by atoms with van der Waals surface area (Å²) in [4.78, 5) is 16.8. The molecule has 1 amide bonds. The van der Waals surface area contributed by atoms with Crippen molar-refractivity contribution in [3.63, 3.8) is 0 Å². The molecule has 4 heteroatoms. The average molecular weight is 298 g/mol. The van der Waals surface area contributed by atoms with E-state index in [1.807, 2.05) is 36.5 Å². The maximum Gasteiger partial charge on any atom is 0.251 e. The average Bonchev–Trinajstić information content (AvgIpc) is 3.17. The molecule has 0 fully saturated rings. The van der Waals surface area contributed by atoms with Gasteiger partial charge in [-0.2, -0.15) is 0 Å². The molecule has 3 rings (SSSR count). The Morgan fingerprint density at radius 1 is 1.33 bits per heavy atom. The Balaban J connectivity index is 1.80. The zero-order valence-electron chi connectivity index (χ0n) is 11.9. The Morgan fingerprint density at radius 2 is 2.24 bits per heavy atom. The van der Waals surface area contributed by atoms with Crippen molar-refractivity contribution >= 4 is 28.1 Å². The van der Waals surface area contributed by atoms with Gasteiger partial charge in [0.2, 0.25) is 0 Å². The fourth-order valence-corrected chi connectivity index (χ4v) is 3.31. The summed E-state index contributed by atoms with van der Waals surface area (Å²) in [6.45, 7) is 2.14. The summed E-state index contributed by atoms with van der Waals surface area (Å²) < 4.78 is 0. The number of hydrogen-bond acceptors (Lipinski definition) is 2. The molecule has 0 radical (unpaired) electrons. The van der Waals surface area contributed by atoms with Crippen LogP contribution in [0, 0.1) is 0 Å². The monoisotopic (exact) mass is 298 g/mol. The number of carbonyl (C=O) groups is 1. The van der Waals surface area contributed by atoms with Crippen LogP contribution < -0.4 is 5.32 Å². The van der Waals surface area contributed by atoms with Gasteiger partial charge < -0.3 is 10.3 Å². The molecule has 3 aromatic rings. The van der Waals surface area contributed by atoms with E-state index in [0.717, 1.165) is 23.7 Å². The number of hydrogen-bond donors (Lipinski definition) is 2. The Hall–Kier alpha value is -2.07. The van der Waals surface area contributed by atoms with Gasteiger partial charge in [0.1, 0.15) is 0 Å². The lowest BCUT2D eigenvalue weighted by molar-refractivity contribution is 0.0935. The molecule has 0 aliphatic heterocycles. The smallest absolute Gasteiger partial charge is 0.251 e. The topological polar surface area (TPSA) is 44.9 Å². The summed E-state index contributed by atoms with van der Waals surface area (Å²) in [7, 11) is 0. The summed E-state index contributed by atoms with van der Waals surface area (Å²) in [6.07, 6.45) is 3.88. The maximum atomic E-state index is 12.5. The van der Waals surface area contributed by atoms with Gasteiger partial charge in [0, 0.05) is 22.2 Å². The first-order valence-electron chi connectivity index (χ1n) is 7.19. The molecule has 2 aromatic heterocycles. The summed E-state index contributed by atoms with van der Waals surface area (Å²) in [6, 6.07) is 12.0. The molecular weight excluding hydrogens is 280 g/mol. The molecule has 1 unspecified atom stereocenters. The highest BCUT2D eigenvalue weighted by Crippen LogP contribution is 2.24. The molecule has 108 valence electrons. The number of benzene rings is 1. The molecule has 0 aliphatic rings. The van der Waals surface area contributed by atoms with Crippen molar-refractivity contribution in [3.8, 4) is 0 Å². The first kappa shape index (κ1) is 13.9. The van der Waals surface area contributed by atoms with E-state index in [1.54, 1.807) is 11.3 Å². The van der Waals surface area contributed by atoms with Gasteiger partial charge in [-0.05, 0) is 41.5 Å². The molecule has 0 saturated heterocycles. The highest BCUT2D eigenvalue weighted by Gasteiger charge is 2.16. The normalized spacial score (nSPS) is 12.4. The highest BCUT2D eigenvalue weighted by atomic mass is 32.1. The molecule has 21 heavy (non-hydrogen) atoms. The number of nitrogens with one attached hydrogen (secondary N) is 2. The fourth-order valence-electron chi connectivity index (χ4n) is 2.49. The SMILES string of the molecule is CCCC(NC(=O)c1ccc2cc[nH]c2c1)c1cccs1. The third kappa shape index (κ3) is 3.00. The lowest BCUT2D eigenvalue weighted by Gasteiger charge is -2.16. The van der Waals surface area contributed by atoms with Crippen LogP contribution >= 0.6 is 11.3 Å². The minimum atomic E-state index is -0.0154. The number of aromatic nitrogens is 1. The molecule has 3 nitrogen and oxygen atoms in total. The number of amides is 1. The second-order valence-corrected chi connectivity index (χ2v) is 6.09. The molecule has 1 atom stereocenters. The first-order chi connectivity index (χ1) is 10.3. The third-order valence-electron chi connectivity index (χ3n) is 3.59. The molecule has 0 bridgehead atoms. The maximum absolute atomic E-state index is 12.5. The minimum Gasteiger partial charge on any atom is -0.361 e. The van der Waals surface area contributed by atoms with Gasteiger partial charge in [-0.1, -0.05) is 25.5 Å². The van der Waals surface area contributed by atoms with E-state index in [0.29, 0.717) is 5.56 Å². The largest absolute Gasteiger partial charge is 0.361 e. The van der Waals surface area contributed by atoms with Crippen LogP contribution in [0.2, 0.25) is 0 Å². The van der Waals surface area contributed by atoms with E-state index in [2.05, 4.69) is 28.7 Å². The minimum absolute atomic E-state index is 0.0154. The van der Waals surface area contributed by atoms with Crippen LogP contribution in [0.3, 0.4) is 0 Å². The van der Waals surface area contributed by atoms with Crippen LogP contribution in [0.25, 0.3) is 10.9 Å². The lowest BCUT2D eigenvalue weighted by atomic mass is 10.1. The Kier molecular flexibility index (Phi) is 4.06. The predicted octanol–water partition coefficient (Wildman–Crippen LogP) is 4.50. The number of carbonyl (C=O) groups excluding carboxylic acids is 1. The fraction of sp³-hybridized carbons (Fsp3) is 0.235. The quantitative estimate of drug-likeness (QED) is 0.715. The van der Waals surface area contributed by atoms with Crippen molar-refractivity contribution in [2.45, 2.75) is 25.8 Å². The van der Waals surface area contributed by atoms with E-state index < -0.39 is 0 Å². The summed E-state index contributed by atoms with van der Waals surface area (Å²) >= 11 is 1.69. The molecular formula is C17H18N2OS. The van der Waals surface area contributed by atoms with Crippen molar-refractivity contribution in [2.24, 2.45) is 0 Å². The van der Waals surface area contributed by atoms with Gasteiger partial charge in [-0.25, -0.2) is 0 Å². The van der Waals surface area contributed by atoms with Crippen molar-refractivity contribution < 1.29 is 4.79 Å².